The molecule has 1 aromatic carbocycles. The average Bonchev–Trinajstić information content (AvgIpc) is 3.37. The summed E-state index contributed by atoms with van der Waals surface area (Å²) in [7, 11) is 0. The lowest BCUT2D eigenvalue weighted by atomic mass is 10.2. The fourth-order valence-corrected chi connectivity index (χ4v) is 4.19. The van der Waals surface area contributed by atoms with E-state index in [1.54, 1.807) is 24.3 Å². The van der Waals surface area contributed by atoms with E-state index >= 15 is 0 Å². The van der Waals surface area contributed by atoms with Crippen LogP contribution in [0.2, 0.25) is 5.02 Å². The molecule has 156 valence electrons. The van der Waals surface area contributed by atoms with E-state index in [2.05, 4.69) is 25.7 Å². The van der Waals surface area contributed by atoms with Crippen LogP contribution in [0.1, 0.15) is 46.9 Å². The first kappa shape index (κ1) is 21.7. The molecular weight excluding hydrogens is 410 g/mol. The number of nitrogens with one attached hydrogen (secondary N) is 2. The van der Waals surface area contributed by atoms with E-state index in [4.69, 9.17) is 11.6 Å². The normalized spacial score (nSPS) is 14.1. The van der Waals surface area contributed by atoms with E-state index in [0.717, 1.165) is 24.5 Å². The number of nitrogens with zero attached hydrogens (tertiary/aromatic N) is 3. The zero-order valence-electron chi connectivity index (χ0n) is 16.3. The van der Waals surface area contributed by atoms with Crippen molar-refractivity contribution in [2.24, 2.45) is 0 Å². The molecule has 2 N–H and O–H groups in total. The minimum absolute atomic E-state index is 0.0647. The quantitative estimate of drug-likeness (QED) is 0.558. The SMILES string of the molecule is O=C(CCCc1nnc(C(=O)Nc2cccc(Cl)c2)s1)NCCCN1CCCC1. The second-order valence-corrected chi connectivity index (χ2v) is 8.57. The van der Waals surface area contributed by atoms with Gasteiger partial charge in [-0.2, -0.15) is 0 Å². The molecule has 1 aliphatic heterocycles. The predicted molar refractivity (Wildman–Crippen MR) is 116 cm³/mol. The number of hydrogen-bond donors (Lipinski definition) is 2. The highest BCUT2D eigenvalue weighted by Gasteiger charge is 2.14. The van der Waals surface area contributed by atoms with Crippen LogP contribution in [-0.4, -0.2) is 53.1 Å². The number of aryl methyl sites for hydroxylation is 1. The van der Waals surface area contributed by atoms with Crippen LogP contribution in [-0.2, 0) is 11.2 Å². The molecule has 0 atom stereocenters. The van der Waals surface area contributed by atoms with Gasteiger partial charge in [-0.3, -0.25) is 9.59 Å². The highest BCUT2D eigenvalue weighted by Crippen LogP contribution is 2.18. The molecule has 2 heterocycles. The van der Waals surface area contributed by atoms with Crippen molar-refractivity contribution in [3.8, 4) is 0 Å². The number of carbonyl (C=O) groups is 2. The van der Waals surface area contributed by atoms with Crippen LogP contribution < -0.4 is 10.6 Å². The van der Waals surface area contributed by atoms with Crippen molar-refractivity contribution in [1.29, 1.82) is 0 Å². The number of halogens is 1. The summed E-state index contributed by atoms with van der Waals surface area (Å²) in [5.74, 6) is -0.248. The van der Waals surface area contributed by atoms with Crippen LogP contribution in [0.25, 0.3) is 0 Å². The Labute approximate surface area is 179 Å². The van der Waals surface area contributed by atoms with Crippen molar-refractivity contribution >= 4 is 40.4 Å². The zero-order valence-corrected chi connectivity index (χ0v) is 17.9. The second-order valence-electron chi connectivity index (χ2n) is 7.07. The summed E-state index contributed by atoms with van der Waals surface area (Å²) in [6.07, 6.45) is 5.34. The van der Waals surface area contributed by atoms with E-state index in [-0.39, 0.29) is 11.8 Å². The first-order valence-electron chi connectivity index (χ1n) is 9.98. The number of anilines is 1. The third-order valence-electron chi connectivity index (χ3n) is 4.71. The summed E-state index contributed by atoms with van der Waals surface area (Å²) in [4.78, 5) is 26.6. The molecule has 1 aliphatic rings. The highest BCUT2D eigenvalue weighted by molar-refractivity contribution is 7.13. The smallest absolute Gasteiger partial charge is 0.286 e. The van der Waals surface area contributed by atoms with E-state index in [1.807, 2.05) is 0 Å². The maximum atomic E-state index is 12.2. The lowest BCUT2D eigenvalue weighted by Gasteiger charge is -2.14. The van der Waals surface area contributed by atoms with Crippen molar-refractivity contribution in [1.82, 2.24) is 20.4 Å². The lowest BCUT2D eigenvalue weighted by Crippen LogP contribution is -2.28. The van der Waals surface area contributed by atoms with Gasteiger partial charge < -0.3 is 15.5 Å². The van der Waals surface area contributed by atoms with E-state index in [0.29, 0.717) is 35.0 Å². The van der Waals surface area contributed by atoms with E-state index in [1.165, 1.54) is 37.3 Å². The van der Waals surface area contributed by atoms with Crippen molar-refractivity contribution in [2.75, 3.05) is 31.5 Å². The maximum absolute atomic E-state index is 12.2. The summed E-state index contributed by atoms with van der Waals surface area (Å²) >= 11 is 7.17. The average molecular weight is 436 g/mol. The summed E-state index contributed by atoms with van der Waals surface area (Å²) in [6, 6.07) is 6.94. The standard InChI is InChI=1S/C20H26ClN5O2S/c21-15-6-3-7-16(14-15)23-19(28)20-25-24-18(29-20)9-4-8-17(27)22-10-5-13-26-11-1-2-12-26/h3,6-7,14H,1-2,4-5,8-13H2,(H,22,27)(H,23,28). The number of aromatic nitrogens is 2. The van der Waals surface area contributed by atoms with E-state index in [9.17, 15) is 9.59 Å². The van der Waals surface area contributed by atoms with Gasteiger partial charge in [0.1, 0.15) is 5.01 Å². The number of carbonyl (C=O) groups excluding carboxylic acids is 2. The topological polar surface area (TPSA) is 87.2 Å². The summed E-state index contributed by atoms with van der Waals surface area (Å²) in [5.41, 5.74) is 0.612. The molecule has 2 aromatic rings. The molecule has 9 heteroatoms. The van der Waals surface area contributed by atoms with Crippen LogP contribution in [0, 0.1) is 0 Å². The summed E-state index contributed by atoms with van der Waals surface area (Å²) in [6.45, 7) is 4.16. The number of amides is 2. The predicted octanol–water partition coefficient (Wildman–Crippen LogP) is 3.37. The molecule has 1 fully saturated rings. The molecule has 0 unspecified atom stereocenters. The minimum atomic E-state index is -0.313. The molecule has 29 heavy (non-hydrogen) atoms. The molecular formula is C20H26ClN5O2S. The monoisotopic (exact) mass is 435 g/mol. The number of hydrogen-bond acceptors (Lipinski definition) is 6. The Hall–Kier alpha value is -2.03. The Morgan fingerprint density at radius 2 is 2.00 bits per heavy atom. The molecule has 1 aromatic heterocycles. The third-order valence-corrected chi connectivity index (χ3v) is 5.93. The fraction of sp³-hybridized carbons (Fsp3) is 0.500. The van der Waals surface area contributed by atoms with Gasteiger partial charge in [0.15, 0.2) is 0 Å². The van der Waals surface area contributed by atoms with Crippen molar-refractivity contribution in [2.45, 2.75) is 38.5 Å². The Bertz CT molecular complexity index is 823. The lowest BCUT2D eigenvalue weighted by molar-refractivity contribution is -0.121. The largest absolute Gasteiger partial charge is 0.356 e. The molecule has 1 saturated heterocycles. The Balaban J connectivity index is 1.32. The van der Waals surface area contributed by atoms with Crippen LogP contribution in [0.3, 0.4) is 0 Å². The molecule has 0 bridgehead atoms. The van der Waals surface area contributed by atoms with Crippen molar-refractivity contribution in [3.63, 3.8) is 0 Å². The number of benzene rings is 1. The number of likely N-dealkylation sites (tertiary alicyclic amines) is 1. The van der Waals surface area contributed by atoms with Gasteiger partial charge >= 0.3 is 0 Å². The van der Waals surface area contributed by atoms with Crippen molar-refractivity contribution in [3.05, 3.63) is 39.3 Å². The van der Waals surface area contributed by atoms with Gasteiger partial charge in [-0.15, -0.1) is 10.2 Å². The van der Waals surface area contributed by atoms with E-state index < -0.39 is 0 Å². The Kier molecular flexibility index (Phi) is 8.39. The van der Waals surface area contributed by atoms with Gasteiger partial charge in [-0.05, 0) is 63.5 Å². The molecule has 0 saturated carbocycles. The van der Waals surface area contributed by atoms with Gasteiger partial charge in [0.05, 0.1) is 0 Å². The number of rotatable bonds is 10. The second kappa shape index (κ2) is 11.2. The van der Waals surface area contributed by atoms with Crippen LogP contribution in [0.4, 0.5) is 5.69 Å². The minimum Gasteiger partial charge on any atom is -0.356 e. The van der Waals surface area contributed by atoms with Gasteiger partial charge in [0.25, 0.3) is 5.91 Å². The van der Waals surface area contributed by atoms with Crippen molar-refractivity contribution < 1.29 is 9.59 Å². The molecule has 3 rings (SSSR count). The van der Waals surface area contributed by atoms with Gasteiger partial charge in [-0.1, -0.05) is 29.0 Å². The van der Waals surface area contributed by atoms with Crippen LogP contribution >= 0.6 is 22.9 Å². The molecule has 0 radical (unpaired) electrons. The molecule has 0 aliphatic carbocycles. The first-order valence-corrected chi connectivity index (χ1v) is 11.2. The molecule has 2 amide bonds. The van der Waals surface area contributed by atoms with Gasteiger partial charge in [-0.25, -0.2) is 0 Å². The molecule has 0 spiro atoms. The van der Waals surface area contributed by atoms with Gasteiger partial charge in [0.2, 0.25) is 10.9 Å². The zero-order chi connectivity index (χ0) is 20.5. The first-order chi connectivity index (χ1) is 14.1. The van der Waals surface area contributed by atoms with Gasteiger partial charge in [0, 0.05) is 30.1 Å². The van der Waals surface area contributed by atoms with Crippen LogP contribution in [0.5, 0.6) is 0 Å². The third kappa shape index (κ3) is 7.38. The Morgan fingerprint density at radius 1 is 1.17 bits per heavy atom. The summed E-state index contributed by atoms with van der Waals surface area (Å²) < 4.78 is 0. The molecule has 7 nitrogen and oxygen atoms in total. The summed E-state index contributed by atoms with van der Waals surface area (Å²) in [5, 5.41) is 15.3. The highest BCUT2D eigenvalue weighted by atomic mass is 35.5. The fourth-order valence-electron chi connectivity index (χ4n) is 3.22. The Morgan fingerprint density at radius 3 is 2.79 bits per heavy atom. The van der Waals surface area contributed by atoms with Crippen LogP contribution in [0.15, 0.2) is 24.3 Å². The maximum Gasteiger partial charge on any atom is 0.286 e.